The zero-order valence-electron chi connectivity index (χ0n) is 11.9. The van der Waals surface area contributed by atoms with E-state index in [2.05, 4.69) is 5.32 Å². The predicted octanol–water partition coefficient (Wildman–Crippen LogP) is 3.42. The summed E-state index contributed by atoms with van der Waals surface area (Å²) in [7, 11) is 0. The molecule has 0 bridgehead atoms. The minimum atomic E-state index is -0.555. The Morgan fingerprint density at radius 1 is 1.26 bits per heavy atom. The molecule has 0 saturated carbocycles. The molecule has 0 spiro atoms. The number of hydrogen-bond donors (Lipinski definition) is 1. The first kappa shape index (κ1) is 15.3. The van der Waals surface area contributed by atoms with Crippen molar-refractivity contribution >= 4 is 34.3 Å². The van der Waals surface area contributed by atoms with Crippen molar-refractivity contribution in [3.8, 4) is 0 Å². The smallest absolute Gasteiger partial charge is 0.408 e. The minimum absolute atomic E-state index is 0.0679. The SMILES string of the molecule is O=C(CCn1c(=O)oc2ccccc21)Nc1ccc(F)c(Cl)c1. The van der Waals surface area contributed by atoms with E-state index in [1.54, 1.807) is 24.3 Å². The number of para-hydroxylation sites is 2. The van der Waals surface area contributed by atoms with Crippen molar-refractivity contribution in [3.05, 3.63) is 63.9 Å². The van der Waals surface area contributed by atoms with E-state index in [0.717, 1.165) is 0 Å². The van der Waals surface area contributed by atoms with Gasteiger partial charge in [0.1, 0.15) is 5.82 Å². The number of aryl methyl sites for hydroxylation is 1. The second-order valence-electron chi connectivity index (χ2n) is 4.91. The number of halogens is 2. The van der Waals surface area contributed by atoms with Gasteiger partial charge in [-0.3, -0.25) is 9.36 Å². The molecule has 1 aromatic heterocycles. The number of carbonyl (C=O) groups excluding carboxylic acids is 1. The lowest BCUT2D eigenvalue weighted by Gasteiger charge is -2.06. The summed E-state index contributed by atoms with van der Waals surface area (Å²) in [6.45, 7) is 0.177. The summed E-state index contributed by atoms with van der Waals surface area (Å²) >= 11 is 5.66. The lowest BCUT2D eigenvalue weighted by atomic mass is 10.3. The summed E-state index contributed by atoms with van der Waals surface area (Å²) in [5, 5.41) is 2.53. The van der Waals surface area contributed by atoms with Crippen LogP contribution < -0.4 is 11.1 Å². The summed E-state index contributed by atoms with van der Waals surface area (Å²) in [4.78, 5) is 23.8. The van der Waals surface area contributed by atoms with Crippen LogP contribution in [0.3, 0.4) is 0 Å². The second kappa shape index (κ2) is 6.26. The molecular formula is C16H12ClFN2O3. The van der Waals surface area contributed by atoms with Crippen molar-refractivity contribution < 1.29 is 13.6 Å². The standard InChI is InChI=1S/C16H12ClFN2O3/c17-11-9-10(5-6-12(11)18)19-15(21)7-8-20-13-3-1-2-4-14(13)23-16(20)22/h1-6,9H,7-8H2,(H,19,21). The molecule has 0 atom stereocenters. The summed E-state index contributed by atoms with van der Waals surface area (Å²) in [6, 6.07) is 10.9. The van der Waals surface area contributed by atoms with E-state index in [-0.39, 0.29) is 23.9 Å². The Kier molecular flexibility index (Phi) is 4.16. The fourth-order valence-corrected chi connectivity index (χ4v) is 2.42. The monoisotopic (exact) mass is 334 g/mol. The van der Waals surface area contributed by atoms with E-state index in [4.69, 9.17) is 16.0 Å². The fraction of sp³-hybridized carbons (Fsp3) is 0.125. The van der Waals surface area contributed by atoms with Crippen LogP contribution in [0.25, 0.3) is 11.1 Å². The third kappa shape index (κ3) is 3.27. The van der Waals surface area contributed by atoms with Crippen LogP contribution in [0.5, 0.6) is 0 Å². The molecule has 23 heavy (non-hydrogen) atoms. The van der Waals surface area contributed by atoms with Crippen molar-refractivity contribution in [3.63, 3.8) is 0 Å². The summed E-state index contributed by atoms with van der Waals surface area (Å²) < 4.78 is 19.6. The van der Waals surface area contributed by atoms with Crippen molar-refractivity contribution in [2.75, 3.05) is 5.32 Å². The van der Waals surface area contributed by atoms with Crippen molar-refractivity contribution in [2.45, 2.75) is 13.0 Å². The van der Waals surface area contributed by atoms with Crippen LogP contribution in [-0.4, -0.2) is 10.5 Å². The third-order valence-corrected chi connectivity index (χ3v) is 3.63. The average molecular weight is 335 g/mol. The van der Waals surface area contributed by atoms with Crippen LogP contribution in [0.4, 0.5) is 10.1 Å². The molecule has 2 aromatic carbocycles. The number of anilines is 1. The number of hydrogen-bond acceptors (Lipinski definition) is 3. The molecule has 1 N–H and O–H groups in total. The fourth-order valence-electron chi connectivity index (χ4n) is 2.24. The molecule has 0 radical (unpaired) electrons. The molecule has 0 fully saturated rings. The van der Waals surface area contributed by atoms with Crippen LogP contribution in [0, 0.1) is 5.82 Å². The van der Waals surface area contributed by atoms with Gasteiger partial charge in [0, 0.05) is 18.7 Å². The van der Waals surface area contributed by atoms with E-state index in [0.29, 0.717) is 16.8 Å². The lowest BCUT2D eigenvalue weighted by molar-refractivity contribution is -0.116. The van der Waals surface area contributed by atoms with Crippen molar-refractivity contribution in [1.82, 2.24) is 4.57 Å². The summed E-state index contributed by atoms with van der Waals surface area (Å²) in [5.41, 5.74) is 1.50. The molecular weight excluding hydrogens is 323 g/mol. The Labute approximate surface area is 135 Å². The molecule has 0 aliphatic carbocycles. The van der Waals surface area contributed by atoms with Crippen molar-refractivity contribution in [1.29, 1.82) is 0 Å². The van der Waals surface area contributed by atoms with Gasteiger partial charge >= 0.3 is 5.76 Å². The van der Waals surface area contributed by atoms with Gasteiger partial charge in [-0.15, -0.1) is 0 Å². The van der Waals surface area contributed by atoms with Gasteiger partial charge in [-0.1, -0.05) is 23.7 Å². The average Bonchev–Trinajstić information content (AvgIpc) is 2.84. The molecule has 1 amide bonds. The van der Waals surface area contributed by atoms with E-state index in [9.17, 15) is 14.0 Å². The Morgan fingerprint density at radius 3 is 2.83 bits per heavy atom. The van der Waals surface area contributed by atoms with Gasteiger partial charge < -0.3 is 9.73 Å². The minimum Gasteiger partial charge on any atom is -0.408 e. The molecule has 0 saturated heterocycles. The number of rotatable bonds is 4. The number of carbonyl (C=O) groups is 1. The zero-order chi connectivity index (χ0) is 16.4. The Morgan fingerprint density at radius 2 is 2.04 bits per heavy atom. The Hall–Kier alpha value is -2.60. The molecule has 5 nitrogen and oxygen atoms in total. The number of nitrogens with one attached hydrogen (secondary N) is 1. The molecule has 3 rings (SSSR count). The van der Waals surface area contributed by atoms with E-state index < -0.39 is 11.6 Å². The number of benzene rings is 2. The molecule has 0 aliphatic rings. The number of fused-ring (bicyclic) bond motifs is 1. The Bertz CT molecular complexity index is 932. The Balaban J connectivity index is 1.70. The second-order valence-corrected chi connectivity index (χ2v) is 5.32. The molecule has 0 unspecified atom stereocenters. The third-order valence-electron chi connectivity index (χ3n) is 3.34. The van der Waals surface area contributed by atoms with Gasteiger partial charge in [-0.2, -0.15) is 0 Å². The van der Waals surface area contributed by atoms with Crippen molar-refractivity contribution in [2.24, 2.45) is 0 Å². The highest BCUT2D eigenvalue weighted by atomic mass is 35.5. The number of oxazole rings is 1. The van der Waals surface area contributed by atoms with Crippen LogP contribution in [-0.2, 0) is 11.3 Å². The largest absolute Gasteiger partial charge is 0.419 e. The molecule has 0 aliphatic heterocycles. The van der Waals surface area contributed by atoms with Gasteiger partial charge in [0.25, 0.3) is 0 Å². The first-order valence-corrected chi connectivity index (χ1v) is 7.25. The molecule has 3 aromatic rings. The van der Waals surface area contributed by atoms with Gasteiger partial charge in [0.15, 0.2) is 5.58 Å². The zero-order valence-corrected chi connectivity index (χ0v) is 12.6. The van der Waals surface area contributed by atoms with E-state index in [1.165, 1.54) is 22.8 Å². The highest BCUT2D eigenvalue weighted by molar-refractivity contribution is 6.31. The predicted molar refractivity (Wildman–Crippen MR) is 85.1 cm³/mol. The first-order valence-electron chi connectivity index (χ1n) is 6.88. The molecule has 7 heteroatoms. The normalized spacial score (nSPS) is 10.9. The maximum Gasteiger partial charge on any atom is 0.419 e. The molecule has 118 valence electrons. The van der Waals surface area contributed by atoms with Gasteiger partial charge in [-0.25, -0.2) is 9.18 Å². The molecule has 1 heterocycles. The van der Waals surface area contributed by atoms with Crippen LogP contribution >= 0.6 is 11.6 Å². The summed E-state index contributed by atoms with van der Waals surface area (Å²) in [6.07, 6.45) is 0.0679. The maximum atomic E-state index is 13.1. The number of aromatic nitrogens is 1. The lowest BCUT2D eigenvalue weighted by Crippen LogP contribution is -2.19. The highest BCUT2D eigenvalue weighted by Gasteiger charge is 2.11. The quantitative estimate of drug-likeness (QED) is 0.795. The first-order chi connectivity index (χ1) is 11.0. The summed E-state index contributed by atoms with van der Waals surface area (Å²) in [5.74, 6) is -1.38. The number of amides is 1. The maximum absolute atomic E-state index is 13.1. The van der Waals surface area contributed by atoms with Crippen LogP contribution in [0.15, 0.2) is 51.7 Å². The van der Waals surface area contributed by atoms with Gasteiger partial charge in [-0.05, 0) is 30.3 Å². The van der Waals surface area contributed by atoms with E-state index >= 15 is 0 Å². The number of nitrogens with zero attached hydrogens (tertiary/aromatic N) is 1. The van der Waals surface area contributed by atoms with Crippen LogP contribution in [0.1, 0.15) is 6.42 Å². The van der Waals surface area contributed by atoms with Gasteiger partial charge in [0.2, 0.25) is 5.91 Å². The highest BCUT2D eigenvalue weighted by Crippen LogP contribution is 2.19. The van der Waals surface area contributed by atoms with E-state index in [1.807, 2.05) is 0 Å². The van der Waals surface area contributed by atoms with Gasteiger partial charge in [0.05, 0.1) is 10.5 Å². The topological polar surface area (TPSA) is 64.2 Å². The van der Waals surface area contributed by atoms with Crippen LogP contribution in [0.2, 0.25) is 5.02 Å².